The van der Waals surface area contributed by atoms with Gasteiger partial charge in [-0.15, -0.1) is 11.3 Å². The lowest BCUT2D eigenvalue weighted by atomic mass is 9.91. The Kier molecular flexibility index (Phi) is 3.45. The minimum atomic E-state index is -0.687. The van der Waals surface area contributed by atoms with Crippen molar-refractivity contribution in [2.24, 2.45) is 0 Å². The summed E-state index contributed by atoms with van der Waals surface area (Å²) in [6.45, 7) is 3.27. The molecule has 18 heavy (non-hydrogen) atoms. The number of hydrogen-bond acceptors (Lipinski definition) is 4. The lowest BCUT2D eigenvalue weighted by Gasteiger charge is -2.31. The maximum absolute atomic E-state index is 10.5. The second kappa shape index (κ2) is 4.93. The van der Waals surface area contributed by atoms with Gasteiger partial charge in [-0.25, -0.2) is 0 Å². The van der Waals surface area contributed by atoms with Crippen LogP contribution in [0.2, 0.25) is 0 Å². The second-order valence-electron chi connectivity index (χ2n) is 5.49. The standard InChI is InChI=1S/C14H21NO2S/c1-10-14(16,6-7-17-10)9-15-12-3-2-4-13-11(12)5-8-18-13/h5,8,10,12,15-16H,2-4,6-7,9H2,1H3. The molecule has 1 aromatic heterocycles. The Labute approximate surface area is 112 Å². The minimum absolute atomic E-state index is 0.0597. The summed E-state index contributed by atoms with van der Waals surface area (Å²) in [6, 6.07) is 2.65. The van der Waals surface area contributed by atoms with Gasteiger partial charge in [-0.05, 0) is 43.2 Å². The maximum Gasteiger partial charge on any atom is 0.105 e. The monoisotopic (exact) mass is 267 g/mol. The number of hydrogen-bond donors (Lipinski definition) is 2. The van der Waals surface area contributed by atoms with Gasteiger partial charge in [0, 0.05) is 30.5 Å². The quantitative estimate of drug-likeness (QED) is 0.882. The van der Waals surface area contributed by atoms with Gasteiger partial charge in [-0.1, -0.05) is 0 Å². The smallest absolute Gasteiger partial charge is 0.105 e. The van der Waals surface area contributed by atoms with Crippen LogP contribution in [0.15, 0.2) is 11.4 Å². The van der Waals surface area contributed by atoms with Gasteiger partial charge in [0.05, 0.1) is 6.10 Å². The molecular weight excluding hydrogens is 246 g/mol. The van der Waals surface area contributed by atoms with E-state index in [1.54, 1.807) is 0 Å². The first-order valence-corrected chi connectivity index (χ1v) is 7.71. The van der Waals surface area contributed by atoms with Gasteiger partial charge < -0.3 is 15.2 Å². The van der Waals surface area contributed by atoms with Gasteiger partial charge in [0.2, 0.25) is 0 Å². The van der Waals surface area contributed by atoms with Crippen molar-refractivity contribution in [2.45, 2.75) is 50.4 Å². The van der Waals surface area contributed by atoms with E-state index in [2.05, 4.69) is 16.8 Å². The van der Waals surface area contributed by atoms with Crippen LogP contribution in [0.1, 0.15) is 42.7 Å². The van der Waals surface area contributed by atoms with Gasteiger partial charge in [0.1, 0.15) is 5.60 Å². The maximum atomic E-state index is 10.5. The molecule has 0 radical (unpaired) electrons. The van der Waals surface area contributed by atoms with E-state index in [0.29, 0.717) is 19.2 Å². The van der Waals surface area contributed by atoms with Crippen LogP contribution in [0, 0.1) is 0 Å². The Bertz CT molecular complexity index is 420. The third-order valence-electron chi connectivity index (χ3n) is 4.37. The summed E-state index contributed by atoms with van der Waals surface area (Å²) in [7, 11) is 0. The molecule has 1 aromatic rings. The zero-order valence-electron chi connectivity index (χ0n) is 10.8. The summed E-state index contributed by atoms with van der Waals surface area (Å²) in [6.07, 6.45) is 4.32. The Balaban J connectivity index is 1.65. The Morgan fingerprint density at radius 2 is 2.50 bits per heavy atom. The molecule has 0 aromatic carbocycles. The van der Waals surface area contributed by atoms with Gasteiger partial charge in [0.25, 0.3) is 0 Å². The zero-order valence-corrected chi connectivity index (χ0v) is 11.6. The van der Waals surface area contributed by atoms with E-state index in [0.717, 1.165) is 6.42 Å². The Morgan fingerprint density at radius 3 is 3.28 bits per heavy atom. The number of thiophene rings is 1. The van der Waals surface area contributed by atoms with Crippen molar-refractivity contribution in [3.8, 4) is 0 Å². The molecule has 3 nitrogen and oxygen atoms in total. The van der Waals surface area contributed by atoms with Crippen molar-refractivity contribution < 1.29 is 9.84 Å². The lowest BCUT2D eigenvalue weighted by Crippen LogP contribution is -2.47. The molecule has 1 aliphatic carbocycles. The highest BCUT2D eigenvalue weighted by atomic mass is 32.1. The number of rotatable bonds is 3. The molecule has 2 heterocycles. The summed E-state index contributed by atoms with van der Waals surface area (Å²) >= 11 is 1.86. The highest BCUT2D eigenvalue weighted by molar-refractivity contribution is 7.10. The van der Waals surface area contributed by atoms with Crippen LogP contribution >= 0.6 is 11.3 Å². The molecule has 4 heteroatoms. The first-order valence-electron chi connectivity index (χ1n) is 6.83. The Morgan fingerprint density at radius 1 is 1.61 bits per heavy atom. The van der Waals surface area contributed by atoms with Crippen LogP contribution in [0.3, 0.4) is 0 Å². The average molecular weight is 267 g/mol. The summed E-state index contributed by atoms with van der Waals surface area (Å²) in [5, 5.41) is 16.2. The van der Waals surface area contributed by atoms with Crippen molar-refractivity contribution in [1.82, 2.24) is 5.32 Å². The molecule has 3 atom stereocenters. The van der Waals surface area contributed by atoms with Crippen LogP contribution in [0.5, 0.6) is 0 Å². The molecule has 0 bridgehead atoms. The molecule has 2 aliphatic rings. The number of fused-ring (bicyclic) bond motifs is 1. The molecular formula is C14H21NO2S. The molecule has 3 unspecified atom stereocenters. The van der Waals surface area contributed by atoms with Crippen LogP contribution in [0.4, 0.5) is 0 Å². The molecule has 1 aliphatic heterocycles. The van der Waals surface area contributed by atoms with E-state index in [-0.39, 0.29) is 6.10 Å². The number of nitrogens with one attached hydrogen (secondary N) is 1. The van der Waals surface area contributed by atoms with Crippen LogP contribution < -0.4 is 5.32 Å². The summed E-state index contributed by atoms with van der Waals surface area (Å²) in [4.78, 5) is 1.52. The predicted molar refractivity (Wildman–Crippen MR) is 73.0 cm³/mol. The topological polar surface area (TPSA) is 41.5 Å². The highest BCUT2D eigenvalue weighted by Gasteiger charge is 2.39. The first-order chi connectivity index (χ1) is 8.69. The van der Waals surface area contributed by atoms with E-state index in [1.807, 2.05) is 18.3 Å². The summed E-state index contributed by atoms with van der Waals surface area (Å²) < 4.78 is 5.47. The molecule has 2 N–H and O–H groups in total. The average Bonchev–Trinajstić information content (AvgIpc) is 2.95. The van der Waals surface area contributed by atoms with E-state index < -0.39 is 5.60 Å². The fraction of sp³-hybridized carbons (Fsp3) is 0.714. The Hall–Kier alpha value is -0.420. The first kappa shape index (κ1) is 12.6. The number of aryl methyl sites for hydroxylation is 1. The van der Waals surface area contributed by atoms with E-state index >= 15 is 0 Å². The van der Waals surface area contributed by atoms with Crippen molar-refractivity contribution in [3.05, 3.63) is 21.9 Å². The fourth-order valence-electron chi connectivity index (χ4n) is 3.00. The predicted octanol–water partition coefficient (Wildman–Crippen LogP) is 2.25. The van der Waals surface area contributed by atoms with Crippen molar-refractivity contribution >= 4 is 11.3 Å². The second-order valence-corrected chi connectivity index (χ2v) is 6.49. The van der Waals surface area contributed by atoms with E-state index in [9.17, 15) is 5.11 Å². The van der Waals surface area contributed by atoms with Crippen LogP contribution in [-0.4, -0.2) is 30.0 Å². The van der Waals surface area contributed by atoms with Crippen LogP contribution in [-0.2, 0) is 11.2 Å². The largest absolute Gasteiger partial charge is 0.386 e. The van der Waals surface area contributed by atoms with Gasteiger partial charge >= 0.3 is 0 Å². The zero-order chi connectivity index (χ0) is 12.6. The van der Waals surface area contributed by atoms with E-state index in [4.69, 9.17) is 4.74 Å². The third-order valence-corrected chi connectivity index (χ3v) is 5.36. The van der Waals surface area contributed by atoms with Crippen LogP contribution in [0.25, 0.3) is 0 Å². The summed E-state index contributed by atoms with van der Waals surface area (Å²) in [5.74, 6) is 0. The fourth-order valence-corrected chi connectivity index (χ4v) is 3.99. The van der Waals surface area contributed by atoms with Gasteiger partial charge in [0.15, 0.2) is 0 Å². The third kappa shape index (κ3) is 2.23. The molecule has 3 rings (SSSR count). The lowest BCUT2D eigenvalue weighted by molar-refractivity contribution is -0.0279. The SMILES string of the molecule is CC1OCCC1(O)CNC1CCCc2sccc21. The summed E-state index contributed by atoms with van der Waals surface area (Å²) in [5.41, 5.74) is 0.759. The molecule has 0 amide bonds. The normalized spacial score (nSPS) is 35.7. The van der Waals surface area contributed by atoms with Crippen molar-refractivity contribution in [2.75, 3.05) is 13.2 Å². The van der Waals surface area contributed by atoms with Gasteiger partial charge in [-0.3, -0.25) is 0 Å². The molecule has 100 valence electrons. The molecule has 0 saturated carbocycles. The van der Waals surface area contributed by atoms with E-state index in [1.165, 1.54) is 29.7 Å². The highest BCUT2D eigenvalue weighted by Crippen LogP contribution is 2.34. The molecule has 1 fully saturated rings. The number of aliphatic hydroxyl groups is 1. The van der Waals surface area contributed by atoms with Crippen molar-refractivity contribution in [1.29, 1.82) is 0 Å². The molecule has 0 spiro atoms. The number of ether oxygens (including phenoxy) is 1. The molecule has 1 saturated heterocycles. The van der Waals surface area contributed by atoms with Crippen molar-refractivity contribution in [3.63, 3.8) is 0 Å². The van der Waals surface area contributed by atoms with Gasteiger partial charge in [-0.2, -0.15) is 0 Å². The minimum Gasteiger partial charge on any atom is -0.386 e.